The zero-order valence-electron chi connectivity index (χ0n) is 9.05. The third-order valence-electron chi connectivity index (χ3n) is 1.72. The van der Waals surface area contributed by atoms with Gasteiger partial charge in [0.1, 0.15) is 5.75 Å². The van der Waals surface area contributed by atoms with Crippen LogP contribution < -0.4 is 40.0 Å². The Balaban J connectivity index is 0.00000225. The molecule has 84 valence electrons. The summed E-state index contributed by atoms with van der Waals surface area (Å²) in [6.07, 6.45) is 0.167. The van der Waals surface area contributed by atoms with Crippen molar-refractivity contribution in [1.29, 1.82) is 0 Å². The Hall–Kier alpha value is -0.270. The van der Waals surface area contributed by atoms with E-state index in [9.17, 15) is 13.0 Å². The molecular weight excluding hydrogens is 241 g/mol. The second-order valence-electron chi connectivity index (χ2n) is 3.00. The molecule has 0 spiro atoms. The van der Waals surface area contributed by atoms with Crippen molar-refractivity contribution in [3.63, 3.8) is 0 Å². The van der Waals surface area contributed by atoms with E-state index >= 15 is 0 Å². The van der Waals surface area contributed by atoms with Gasteiger partial charge in [0, 0.05) is 5.75 Å². The van der Waals surface area contributed by atoms with E-state index in [1.165, 1.54) is 0 Å². The summed E-state index contributed by atoms with van der Waals surface area (Å²) < 4.78 is 36.0. The van der Waals surface area contributed by atoms with Crippen LogP contribution in [0.15, 0.2) is 24.3 Å². The maximum absolute atomic E-state index is 10.3. The van der Waals surface area contributed by atoms with E-state index in [0.29, 0.717) is 11.4 Å². The van der Waals surface area contributed by atoms with Gasteiger partial charge in [0.2, 0.25) is 0 Å². The maximum Gasteiger partial charge on any atom is 1.00 e. The number of hydrogen-bond acceptors (Lipinski definition) is 5. The molecule has 2 N–H and O–H groups in total. The summed E-state index contributed by atoms with van der Waals surface area (Å²) in [4.78, 5) is 0. The SMILES string of the molecule is Nc1ccccc1OCCCS(=O)(=O)[O-].[Na+]. The van der Waals surface area contributed by atoms with Crippen LogP contribution >= 0.6 is 0 Å². The Morgan fingerprint density at radius 1 is 1.31 bits per heavy atom. The van der Waals surface area contributed by atoms with E-state index in [2.05, 4.69) is 0 Å². The molecule has 5 nitrogen and oxygen atoms in total. The zero-order chi connectivity index (χ0) is 11.3. The van der Waals surface area contributed by atoms with Crippen molar-refractivity contribution < 1.29 is 47.3 Å². The number of para-hydroxylation sites is 2. The van der Waals surface area contributed by atoms with Gasteiger partial charge >= 0.3 is 29.6 Å². The Labute approximate surface area is 117 Å². The molecule has 7 heteroatoms. The van der Waals surface area contributed by atoms with Crippen molar-refractivity contribution in [2.24, 2.45) is 0 Å². The zero-order valence-corrected chi connectivity index (χ0v) is 11.9. The van der Waals surface area contributed by atoms with Gasteiger partial charge in [-0.15, -0.1) is 0 Å². The number of hydrogen-bond donors (Lipinski definition) is 1. The van der Waals surface area contributed by atoms with Gasteiger partial charge in [-0.1, -0.05) is 12.1 Å². The fourth-order valence-electron chi connectivity index (χ4n) is 1.03. The summed E-state index contributed by atoms with van der Waals surface area (Å²) in [7, 11) is -4.15. The molecule has 0 aliphatic carbocycles. The van der Waals surface area contributed by atoms with Crippen LogP contribution in [-0.2, 0) is 10.1 Å². The van der Waals surface area contributed by atoms with E-state index in [0.717, 1.165) is 0 Å². The molecule has 1 rings (SSSR count). The van der Waals surface area contributed by atoms with E-state index in [4.69, 9.17) is 10.5 Å². The van der Waals surface area contributed by atoms with Gasteiger partial charge in [-0.2, -0.15) is 0 Å². The van der Waals surface area contributed by atoms with E-state index in [1.807, 2.05) is 0 Å². The Morgan fingerprint density at radius 3 is 2.50 bits per heavy atom. The minimum Gasteiger partial charge on any atom is -0.748 e. The van der Waals surface area contributed by atoms with Crippen LogP contribution in [0, 0.1) is 0 Å². The van der Waals surface area contributed by atoms with Crippen LogP contribution in [0.3, 0.4) is 0 Å². The third kappa shape index (κ3) is 6.34. The standard InChI is InChI=1S/C9H13NO4S.Na/c10-8-4-1-2-5-9(8)14-6-3-7-15(11,12)13;/h1-2,4-5H,3,6-7,10H2,(H,11,12,13);/q;+1/p-1. The van der Waals surface area contributed by atoms with E-state index in [1.54, 1.807) is 24.3 Å². The van der Waals surface area contributed by atoms with Crippen LogP contribution in [0.5, 0.6) is 5.75 Å². The van der Waals surface area contributed by atoms with Crippen LogP contribution in [0.25, 0.3) is 0 Å². The number of ether oxygens (including phenoxy) is 1. The fraction of sp³-hybridized carbons (Fsp3) is 0.333. The normalized spacial score (nSPS) is 10.6. The smallest absolute Gasteiger partial charge is 0.748 e. The van der Waals surface area contributed by atoms with Gasteiger partial charge in [-0.05, 0) is 18.6 Å². The average Bonchev–Trinajstić information content (AvgIpc) is 2.13. The summed E-state index contributed by atoms with van der Waals surface area (Å²) in [5.74, 6) is 0.0838. The molecule has 16 heavy (non-hydrogen) atoms. The Morgan fingerprint density at radius 2 is 1.94 bits per heavy atom. The van der Waals surface area contributed by atoms with Crippen molar-refractivity contribution in [2.45, 2.75) is 6.42 Å². The Bertz CT molecular complexity index is 421. The molecule has 1 aromatic rings. The predicted octanol–water partition coefficient (Wildman–Crippen LogP) is -2.41. The molecule has 0 saturated heterocycles. The van der Waals surface area contributed by atoms with Crippen molar-refractivity contribution in [1.82, 2.24) is 0 Å². The molecule has 0 fully saturated rings. The summed E-state index contributed by atoms with van der Waals surface area (Å²) in [6, 6.07) is 6.89. The van der Waals surface area contributed by atoms with Gasteiger partial charge < -0.3 is 15.0 Å². The molecule has 0 saturated carbocycles. The second-order valence-corrected chi connectivity index (χ2v) is 4.53. The van der Waals surface area contributed by atoms with Gasteiger partial charge in [0.05, 0.1) is 22.4 Å². The van der Waals surface area contributed by atoms with E-state index < -0.39 is 15.9 Å². The number of benzene rings is 1. The first kappa shape index (κ1) is 15.7. The van der Waals surface area contributed by atoms with Crippen molar-refractivity contribution in [2.75, 3.05) is 18.1 Å². The minimum absolute atomic E-state index is 0. The molecule has 0 aliphatic heterocycles. The molecule has 0 bridgehead atoms. The summed E-state index contributed by atoms with van der Waals surface area (Å²) in [6.45, 7) is 0.162. The predicted molar refractivity (Wildman–Crippen MR) is 55.5 cm³/mol. The fourth-order valence-corrected chi connectivity index (χ4v) is 1.50. The van der Waals surface area contributed by atoms with Gasteiger partial charge in [0.15, 0.2) is 0 Å². The molecule has 0 aromatic heterocycles. The van der Waals surface area contributed by atoms with Crippen LogP contribution in [0.2, 0.25) is 0 Å². The molecule has 0 aliphatic rings. The number of rotatable bonds is 5. The first-order chi connectivity index (χ1) is 6.99. The van der Waals surface area contributed by atoms with E-state index in [-0.39, 0.29) is 42.6 Å². The molecule has 0 atom stereocenters. The van der Waals surface area contributed by atoms with Gasteiger partial charge in [0.25, 0.3) is 0 Å². The third-order valence-corrected chi connectivity index (χ3v) is 2.50. The summed E-state index contributed by atoms with van der Waals surface area (Å²) in [5.41, 5.74) is 6.07. The monoisotopic (exact) mass is 253 g/mol. The van der Waals surface area contributed by atoms with Gasteiger partial charge in [-0.3, -0.25) is 0 Å². The largest absolute Gasteiger partial charge is 1.00 e. The number of nitrogens with two attached hydrogens (primary N) is 1. The minimum atomic E-state index is -4.15. The number of anilines is 1. The number of nitrogen functional groups attached to an aromatic ring is 1. The molecule has 0 amide bonds. The first-order valence-corrected chi connectivity index (χ1v) is 5.97. The Kier molecular flexibility index (Phi) is 7.01. The quantitative estimate of drug-likeness (QED) is 0.273. The van der Waals surface area contributed by atoms with Crippen LogP contribution in [0.1, 0.15) is 6.42 Å². The summed E-state index contributed by atoms with van der Waals surface area (Å²) >= 11 is 0. The van der Waals surface area contributed by atoms with Crippen LogP contribution in [-0.4, -0.2) is 25.3 Å². The average molecular weight is 253 g/mol. The van der Waals surface area contributed by atoms with Gasteiger partial charge in [-0.25, -0.2) is 8.42 Å². The molecule has 0 unspecified atom stereocenters. The maximum atomic E-state index is 10.3. The van der Waals surface area contributed by atoms with Crippen LogP contribution in [0.4, 0.5) is 5.69 Å². The second kappa shape index (κ2) is 7.13. The van der Waals surface area contributed by atoms with Crippen molar-refractivity contribution in [3.05, 3.63) is 24.3 Å². The van der Waals surface area contributed by atoms with Crippen molar-refractivity contribution >= 4 is 15.8 Å². The van der Waals surface area contributed by atoms with Crippen molar-refractivity contribution in [3.8, 4) is 5.75 Å². The topological polar surface area (TPSA) is 92.5 Å². The molecule has 0 radical (unpaired) electrons. The first-order valence-electron chi connectivity index (χ1n) is 4.40. The molecule has 1 aromatic carbocycles. The molecular formula is C9H12NNaO4S. The molecule has 0 heterocycles. The summed E-state index contributed by atoms with van der Waals surface area (Å²) in [5, 5.41) is 0.